The number of ether oxygens (including phenoxy) is 1. The fraction of sp³-hybridized carbons (Fsp3) is 0.400. The van der Waals surface area contributed by atoms with Gasteiger partial charge in [-0.1, -0.05) is 22.8 Å². The van der Waals surface area contributed by atoms with Gasteiger partial charge in [0.2, 0.25) is 0 Å². The maximum atomic E-state index is 13.9. The van der Waals surface area contributed by atoms with Crippen molar-refractivity contribution in [3.05, 3.63) is 58.1 Å². The minimum absolute atomic E-state index is 0.0860. The Morgan fingerprint density at radius 1 is 1.43 bits per heavy atom. The molecule has 1 aromatic heterocycles. The lowest BCUT2D eigenvalue weighted by Gasteiger charge is -2.29. The number of hydrogen-bond donors (Lipinski definition) is 3. The Bertz CT molecular complexity index is 1020. The number of nitrogens with zero attached hydrogens (tertiary/aromatic N) is 3. The van der Waals surface area contributed by atoms with E-state index in [9.17, 15) is 19.7 Å². The Morgan fingerprint density at radius 2 is 2.20 bits per heavy atom. The molecule has 0 unspecified atom stereocenters. The first-order valence-electron chi connectivity index (χ1n) is 9.28. The number of aliphatic hydroxyl groups is 3. The number of aliphatic hydroxyl groups excluding tert-OH is 2. The van der Waals surface area contributed by atoms with Gasteiger partial charge in [-0.25, -0.2) is 9.38 Å². The van der Waals surface area contributed by atoms with Crippen molar-refractivity contribution in [2.45, 2.75) is 43.5 Å². The van der Waals surface area contributed by atoms with Gasteiger partial charge in [0.1, 0.15) is 36.8 Å². The fourth-order valence-electron chi connectivity index (χ4n) is 3.89. The second-order valence-corrected chi connectivity index (χ2v) is 7.84. The van der Waals surface area contributed by atoms with Crippen LogP contribution in [-0.4, -0.2) is 56.9 Å². The minimum Gasteiger partial charge on any atom is -0.397 e. The molecule has 2 aliphatic heterocycles. The molecule has 0 aliphatic carbocycles. The zero-order valence-corrected chi connectivity index (χ0v) is 17.0. The quantitative estimate of drug-likeness (QED) is 0.633. The molecule has 3 heterocycles. The summed E-state index contributed by atoms with van der Waals surface area (Å²) in [6.45, 7) is 1.37. The van der Waals surface area contributed by atoms with E-state index < -0.39 is 36.0 Å². The van der Waals surface area contributed by atoms with Crippen molar-refractivity contribution < 1.29 is 29.3 Å². The third kappa shape index (κ3) is 3.32. The lowest BCUT2D eigenvalue weighted by molar-refractivity contribution is -0.115. The highest BCUT2D eigenvalue weighted by molar-refractivity contribution is 6.30. The highest BCUT2D eigenvalue weighted by atomic mass is 35.5. The first-order chi connectivity index (χ1) is 14.3. The van der Waals surface area contributed by atoms with Crippen LogP contribution in [0.4, 0.5) is 4.39 Å². The van der Waals surface area contributed by atoms with E-state index in [4.69, 9.17) is 21.2 Å². The smallest absolute Gasteiger partial charge is 0.200 e. The average Bonchev–Trinajstić information content (AvgIpc) is 3.24. The van der Waals surface area contributed by atoms with Gasteiger partial charge in [0, 0.05) is 30.1 Å². The van der Waals surface area contributed by atoms with Gasteiger partial charge in [0.05, 0.1) is 5.02 Å². The second kappa shape index (κ2) is 7.75. The number of aromatic nitrogens is 1. The predicted octanol–water partition coefficient (Wildman–Crippen LogP) is 1.96. The van der Waals surface area contributed by atoms with E-state index in [0.717, 1.165) is 11.8 Å². The van der Waals surface area contributed by atoms with Crippen molar-refractivity contribution >= 4 is 23.7 Å². The number of rotatable bonds is 4. The van der Waals surface area contributed by atoms with E-state index in [-0.39, 0.29) is 10.6 Å². The van der Waals surface area contributed by atoms with Crippen molar-refractivity contribution in [2.24, 2.45) is 10.1 Å². The highest BCUT2D eigenvalue weighted by Crippen LogP contribution is 2.43. The number of benzene rings is 1. The van der Waals surface area contributed by atoms with Crippen LogP contribution in [0.5, 0.6) is 0 Å². The van der Waals surface area contributed by atoms with Gasteiger partial charge in [-0.2, -0.15) is 0 Å². The molecule has 8 nitrogen and oxygen atoms in total. The maximum Gasteiger partial charge on any atom is 0.200 e. The molecule has 1 aromatic carbocycles. The number of aliphatic imine (C=N–C) groups is 1. The van der Waals surface area contributed by atoms with E-state index >= 15 is 0 Å². The van der Waals surface area contributed by atoms with Crippen molar-refractivity contribution in [3.63, 3.8) is 0 Å². The Balaban J connectivity index is 1.67. The lowest BCUT2D eigenvalue weighted by atomic mass is 9.88. The van der Waals surface area contributed by atoms with Crippen molar-refractivity contribution in [1.82, 2.24) is 4.57 Å². The van der Waals surface area contributed by atoms with Crippen molar-refractivity contribution in [3.8, 4) is 0 Å². The third-order valence-electron chi connectivity index (χ3n) is 5.52. The fourth-order valence-corrected chi connectivity index (χ4v) is 4.00. The van der Waals surface area contributed by atoms with Gasteiger partial charge in [-0.15, -0.1) is 0 Å². The molecule has 0 bridgehead atoms. The second-order valence-electron chi connectivity index (χ2n) is 7.43. The van der Waals surface area contributed by atoms with E-state index in [1.807, 2.05) is 0 Å². The average molecular weight is 438 g/mol. The van der Waals surface area contributed by atoms with Gasteiger partial charge in [0.25, 0.3) is 0 Å². The highest BCUT2D eigenvalue weighted by Gasteiger charge is 2.56. The van der Waals surface area contributed by atoms with Crippen LogP contribution in [0.2, 0.25) is 5.02 Å². The summed E-state index contributed by atoms with van der Waals surface area (Å²) < 4.78 is 21.4. The lowest BCUT2D eigenvalue weighted by Crippen LogP contribution is -2.47. The number of amidine groups is 1. The standard InChI is InChI=1S/C20H21ClFN3O5/c1-20(28)16(27)19(25-8-6-11-14(25)5-7-23-18(11)24-29-2)30-17(20)15(26)10-3-4-12(21)13(22)9-10/h3-4,6-9,15-17,19,26-28H,5H2,1-2H3/b24-18+/t15-,16+,17-,19-,20+/m1/s1. The Hall–Kier alpha value is -2.30. The maximum absolute atomic E-state index is 13.9. The van der Waals surface area contributed by atoms with Crippen LogP contribution in [0.25, 0.3) is 0 Å². The number of fused-ring (bicyclic) bond motifs is 1. The van der Waals surface area contributed by atoms with E-state index in [1.54, 1.807) is 23.0 Å². The third-order valence-corrected chi connectivity index (χ3v) is 5.82. The summed E-state index contributed by atoms with van der Waals surface area (Å²) in [5.41, 5.74) is -0.179. The van der Waals surface area contributed by atoms with Gasteiger partial charge >= 0.3 is 0 Å². The minimum atomic E-state index is -1.82. The largest absolute Gasteiger partial charge is 0.397 e. The van der Waals surface area contributed by atoms with Crippen LogP contribution < -0.4 is 0 Å². The van der Waals surface area contributed by atoms with Crippen LogP contribution in [0.3, 0.4) is 0 Å². The normalized spacial score (nSPS) is 30.5. The SMILES string of the molecule is CO/N=C1/N=CCc2c1ccn2[C@@H]1O[C@H]([C@H](O)c2ccc(Cl)c(F)c2)[C@@](C)(O)[C@H]1O. The predicted molar refractivity (Wildman–Crippen MR) is 107 cm³/mol. The summed E-state index contributed by atoms with van der Waals surface area (Å²) in [5.74, 6) is -0.323. The van der Waals surface area contributed by atoms with Crippen molar-refractivity contribution in [1.29, 1.82) is 0 Å². The molecule has 0 saturated carbocycles. The number of hydrogen-bond acceptors (Lipinski definition) is 6. The summed E-state index contributed by atoms with van der Waals surface area (Å²) in [4.78, 5) is 9.01. The zero-order valence-electron chi connectivity index (χ0n) is 16.2. The molecule has 4 rings (SSSR count). The molecule has 2 aromatic rings. The molecule has 0 amide bonds. The van der Waals surface area contributed by atoms with Gasteiger partial charge in [-0.05, 0) is 30.7 Å². The summed E-state index contributed by atoms with van der Waals surface area (Å²) >= 11 is 5.71. The molecular weight excluding hydrogens is 417 g/mol. The van der Waals surface area contributed by atoms with E-state index in [2.05, 4.69) is 10.1 Å². The molecule has 1 saturated heterocycles. The Morgan fingerprint density at radius 3 is 2.90 bits per heavy atom. The first kappa shape index (κ1) is 21.0. The monoisotopic (exact) mass is 437 g/mol. The van der Waals surface area contributed by atoms with E-state index in [1.165, 1.54) is 26.2 Å². The van der Waals surface area contributed by atoms with Crippen LogP contribution in [-0.2, 0) is 16.0 Å². The van der Waals surface area contributed by atoms with Gasteiger partial charge in [0.15, 0.2) is 12.1 Å². The Labute approximate surface area is 176 Å². The van der Waals surface area contributed by atoms with Crippen LogP contribution >= 0.6 is 11.6 Å². The first-order valence-corrected chi connectivity index (χ1v) is 9.66. The summed E-state index contributed by atoms with van der Waals surface area (Å²) in [6, 6.07) is 5.59. The molecule has 160 valence electrons. The molecule has 0 radical (unpaired) electrons. The van der Waals surface area contributed by atoms with Crippen LogP contribution in [0.1, 0.15) is 36.1 Å². The molecule has 1 fully saturated rings. The number of oxime groups is 1. The van der Waals surface area contributed by atoms with Crippen LogP contribution in [0.15, 0.2) is 40.6 Å². The summed E-state index contributed by atoms with van der Waals surface area (Å²) in [7, 11) is 1.42. The molecule has 2 aliphatic rings. The molecule has 3 N–H and O–H groups in total. The molecule has 5 atom stereocenters. The zero-order chi connectivity index (χ0) is 21.6. The molecule has 0 spiro atoms. The number of halogens is 2. The van der Waals surface area contributed by atoms with Crippen LogP contribution in [0, 0.1) is 5.82 Å². The molecule has 10 heteroatoms. The van der Waals surface area contributed by atoms with E-state index in [0.29, 0.717) is 17.8 Å². The Kier molecular flexibility index (Phi) is 5.41. The van der Waals surface area contributed by atoms with Gasteiger partial charge in [-0.3, -0.25) is 0 Å². The molecule has 30 heavy (non-hydrogen) atoms. The van der Waals surface area contributed by atoms with Crippen molar-refractivity contribution in [2.75, 3.05) is 7.11 Å². The topological polar surface area (TPSA) is 109 Å². The summed E-state index contributed by atoms with van der Waals surface area (Å²) in [5, 5.41) is 36.4. The summed E-state index contributed by atoms with van der Waals surface area (Å²) in [6.07, 6.45) is -1.19. The van der Waals surface area contributed by atoms with Gasteiger partial charge < -0.3 is 29.5 Å². The molecular formula is C20H21ClFN3O5.